The first-order valence-corrected chi connectivity index (χ1v) is 9.42. The van der Waals surface area contributed by atoms with Crippen LogP contribution in [0.4, 0.5) is 5.88 Å². The average Bonchev–Trinajstić information content (AvgIpc) is 3.33. The lowest BCUT2D eigenvalue weighted by atomic mass is 9.97. The van der Waals surface area contributed by atoms with E-state index in [4.69, 9.17) is 4.42 Å². The van der Waals surface area contributed by atoms with Crippen molar-refractivity contribution in [3.63, 3.8) is 0 Å². The lowest BCUT2D eigenvalue weighted by Crippen LogP contribution is -2.47. The van der Waals surface area contributed by atoms with Gasteiger partial charge in [-0.2, -0.15) is 0 Å². The van der Waals surface area contributed by atoms with Crippen LogP contribution in [0.15, 0.2) is 22.7 Å². The predicted molar refractivity (Wildman–Crippen MR) is 95.9 cm³/mol. The summed E-state index contributed by atoms with van der Waals surface area (Å²) in [6.07, 6.45) is 6.46. The van der Waals surface area contributed by atoms with Crippen LogP contribution in [0.25, 0.3) is 11.0 Å². The zero-order valence-electron chi connectivity index (χ0n) is 14.4. The fraction of sp³-hybridized carbons (Fsp3) is 0.579. The van der Waals surface area contributed by atoms with Gasteiger partial charge in [0, 0.05) is 43.7 Å². The molecule has 1 N–H and O–H groups in total. The van der Waals surface area contributed by atoms with Gasteiger partial charge in [-0.25, -0.2) is 4.98 Å². The van der Waals surface area contributed by atoms with E-state index in [9.17, 15) is 4.79 Å². The smallest absolute Gasteiger partial charge is 0.270 e. The Bertz CT molecular complexity index is 784. The van der Waals surface area contributed by atoms with E-state index in [1.165, 1.54) is 32.4 Å². The topological polar surface area (TPSA) is 61.6 Å². The van der Waals surface area contributed by atoms with Gasteiger partial charge in [0.25, 0.3) is 5.91 Å². The highest BCUT2D eigenvalue weighted by Gasteiger charge is 2.33. The second kappa shape index (κ2) is 6.02. The van der Waals surface area contributed by atoms with E-state index < -0.39 is 0 Å². The van der Waals surface area contributed by atoms with Gasteiger partial charge in [0.2, 0.25) is 0 Å². The lowest BCUT2D eigenvalue weighted by molar-refractivity contribution is 0.0904. The van der Waals surface area contributed by atoms with E-state index in [1.54, 1.807) is 6.20 Å². The van der Waals surface area contributed by atoms with Crippen molar-refractivity contribution < 1.29 is 9.21 Å². The third kappa shape index (κ3) is 2.88. The summed E-state index contributed by atoms with van der Waals surface area (Å²) in [5.74, 6) is 1.56. The molecule has 3 atom stereocenters. The van der Waals surface area contributed by atoms with E-state index in [0.29, 0.717) is 5.69 Å². The normalized spacial score (nSPS) is 28.6. The van der Waals surface area contributed by atoms with Crippen LogP contribution in [0.3, 0.4) is 0 Å². The summed E-state index contributed by atoms with van der Waals surface area (Å²) in [4.78, 5) is 21.7. The van der Waals surface area contributed by atoms with Crippen molar-refractivity contribution >= 4 is 22.8 Å². The first-order valence-electron chi connectivity index (χ1n) is 9.42. The first-order chi connectivity index (χ1) is 12.2. The molecule has 2 aromatic rings. The van der Waals surface area contributed by atoms with Gasteiger partial charge < -0.3 is 19.5 Å². The summed E-state index contributed by atoms with van der Waals surface area (Å²) in [7, 11) is 0. The van der Waals surface area contributed by atoms with E-state index in [1.807, 2.05) is 12.1 Å². The molecule has 132 valence electrons. The maximum absolute atomic E-state index is 12.6. The Labute approximate surface area is 147 Å². The number of nitrogens with one attached hydrogen (secondary N) is 1. The molecule has 0 radical (unpaired) electrons. The van der Waals surface area contributed by atoms with Crippen molar-refractivity contribution in [3.05, 3.63) is 24.0 Å². The summed E-state index contributed by atoms with van der Waals surface area (Å²) in [5.41, 5.74) is 1.23. The minimum absolute atomic E-state index is 0.0710. The van der Waals surface area contributed by atoms with Crippen LogP contribution in [-0.4, -0.2) is 54.6 Å². The molecule has 5 rings (SSSR count). The van der Waals surface area contributed by atoms with Gasteiger partial charge in [-0.3, -0.25) is 4.79 Å². The number of nitrogens with zero attached hydrogens (tertiary/aromatic N) is 3. The highest BCUT2D eigenvalue weighted by molar-refractivity contribution is 5.96. The molecule has 0 spiro atoms. The number of rotatable bonds is 3. The third-order valence-electron chi connectivity index (χ3n) is 5.84. The number of hydrogen-bond acceptors (Lipinski definition) is 5. The summed E-state index contributed by atoms with van der Waals surface area (Å²) in [5, 5.41) is 4.13. The maximum Gasteiger partial charge on any atom is 0.270 e. The highest BCUT2D eigenvalue weighted by atomic mass is 16.4. The number of amides is 1. The molecule has 1 unspecified atom stereocenters. The Hall–Kier alpha value is -2.08. The summed E-state index contributed by atoms with van der Waals surface area (Å²) in [6.45, 7) is 5.43. The van der Waals surface area contributed by atoms with Gasteiger partial charge >= 0.3 is 0 Å². The molecular weight excluding hydrogens is 316 g/mol. The van der Waals surface area contributed by atoms with Gasteiger partial charge in [-0.1, -0.05) is 0 Å². The molecule has 5 heterocycles. The molecule has 2 aromatic heterocycles. The van der Waals surface area contributed by atoms with Crippen LogP contribution in [-0.2, 0) is 0 Å². The lowest BCUT2D eigenvalue weighted by Gasteiger charge is -2.30. The average molecular weight is 340 g/mol. The number of furan rings is 1. The van der Waals surface area contributed by atoms with Crippen molar-refractivity contribution in [2.24, 2.45) is 5.92 Å². The molecule has 3 aliphatic rings. The molecule has 3 aliphatic heterocycles. The molecule has 0 aromatic carbocycles. The summed E-state index contributed by atoms with van der Waals surface area (Å²) in [6, 6.07) is 4.13. The minimum atomic E-state index is -0.0710. The molecular formula is C19H24N4O2. The monoisotopic (exact) mass is 340 g/mol. The maximum atomic E-state index is 12.6. The van der Waals surface area contributed by atoms with Gasteiger partial charge in [0.15, 0.2) is 11.5 Å². The predicted octanol–water partition coefficient (Wildman–Crippen LogP) is 2.25. The van der Waals surface area contributed by atoms with Crippen molar-refractivity contribution in [3.8, 4) is 0 Å². The number of fused-ring (bicyclic) bond motifs is 3. The van der Waals surface area contributed by atoms with Crippen LogP contribution >= 0.6 is 0 Å². The number of piperidine rings is 1. The van der Waals surface area contributed by atoms with E-state index in [-0.39, 0.29) is 11.9 Å². The summed E-state index contributed by atoms with van der Waals surface area (Å²) < 4.78 is 5.90. The number of hydrogen-bond donors (Lipinski definition) is 1. The molecule has 2 bridgehead atoms. The van der Waals surface area contributed by atoms with Crippen LogP contribution in [0.5, 0.6) is 0 Å². The minimum Gasteiger partial charge on any atom is -0.439 e. The highest BCUT2D eigenvalue weighted by Crippen LogP contribution is 2.29. The van der Waals surface area contributed by atoms with Crippen molar-refractivity contribution in [2.45, 2.75) is 31.7 Å². The molecule has 0 aliphatic carbocycles. The number of carbonyl (C=O) groups is 1. The van der Waals surface area contributed by atoms with Gasteiger partial charge in [0.1, 0.15) is 5.69 Å². The first kappa shape index (κ1) is 15.2. The number of aromatic nitrogens is 1. The molecule has 6 nitrogen and oxygen atoms in total. The Morgan fingerprint density at radius 3 is 2.92 bits per heavy atom. The van der Waals surface area contributed by atoms with Gasteiger partial charge in [0.05, 0.1) is 6.20 Å². The Kier molecular flexibility index (Phi) is 3.66. The van der Waals surface area contributed by atoms with Crippen LogP contribution in [0.2, 0.25) is 0 Å². The van der Waals surface area contributed by atoms with Crippen molar-refractivity contribution in [1.82, 2.24) is 15.2 Å². The van der Waals surface area contributed by atoms with E-state index >= 15 is 0 Å². The molecule has 0 saturated carbocycles. The molecule has 3 fully saturated rings. The Morgan fingerprint density at radius 2 is 2.08 bits per heavy atom. The number of anilines is 1. The fourth-order valence-corrected chi connectivity index (χ4v) is 4.57. The SMILES string of the molecule is O=C(N[C@@H]1C[C@H]2CCN(C2)C1)c1cc2cc(N3CCCC3)oc2cn1. The van der Waals surface area contributed by atoms with E-state index in [2.05, 4.69) is 20.1 Å². The molecule has 3 saturated heterocycles. The molecule has 6 heteroatoms. The van der Waals surface area contributed by atoms with Crippen LogP contribution in [0, 0.1) is 5.92 Å². The zero-order valence-corrected chi connectivity index (χ0v) is 14.4. The molecule has 1 amide bonds. The Morgan fingerprint density at radius 1 is 1.20 bits per heavy atom. The van der Waals surface area contributed by atoms with Crippen LogP contribution in [0.1, 0.15) is 36.2 Å². The second-order valence-corrected chi connectivity index (χ2v) is 7.71. The number of carbonyl (C=O) groups excluding carboxylic acids is 1. The van der Waals surface area contributed by atoms with Crippen molar-refractivity contribution in [2.75, 3.05) is 37.6 Å². The fourth-order valence-electron chi connectivity index (χ4n) is 4.57. The molecule has 25 heavy (non-hydrogen) atoms. The van der Waals surface area contributed by atoms with Gasteiger partial charge in [-0.15, -0.1) is 0 Å². The third-order valence-corrected chi connectivity index (χ3v) is 5.84. The van der Waals surface area contributed by atoms with Crippen molar-refractivity contribution in [1.29, 1.82) is 0 Å². The van der Waals surface area contributed by atoms with E-state index in [0.717, 1.165) is 48.8 Å². The largest absolute Gasteiger partial charge is 0.439 e. The van der Waals surface area contributed by atoms with Gasteiger partial charge in [-0.05, 0) is 44.2 Å². The second-order valence-electron chi connectivity index (χ2n) is 7.71. The standard InChI is InChI=1S/C19H24N4O2/c24-19(21-15-7-13-3-6-22(11-13)12-15)16-8-14-9-18(23-4-1-2-5-23)25-17(14)10-20-16/h8-10,13,15H,1-7,11-12H2,(H,21,24)/t13-,15-/m1/s1. The quantitative estimate of drug-likeness (QED) is 0.929. The van der Waals surface area contributed by atoms with Crippen LogP contribution < -0.4 is 10.2 Å². The Balaban J connectivity index is 1.32. The summed E-state index contributed by atoms with van der Waals surface area (Å²) >= 11 is 0. The number of pyridine rings is 1. The zero-order chi connectivity index (χ0) is 16.8.